The summed E-state index contributed by atoms with van der Waals surface area (Å²) in [5.41, 5.74) is 7.44. The van der Waals surface area contributed by atoms with Gasteiger partial charge in [-0.1, -0.05) is 0 Å². The van der Waals surface area contributed by atoms with Crippen molar-refractivity contribution in [2.45, 2.75) is 6.54 Å². The Labute approximate surface area is 92.7 Å². The molecule has 2 aromatic heterocycles. The van der Waals surface area contributed by atoms with Crippen molar-refractivity contribution in [1.29, 1.82) is 0 Å². The van der Waals surface area contributed by atoms with Gasteiger partial charge in [0, 0.05) is 12.7 Å². The third-order valence-electron chi connectivity index (χ3n) is 2.29. The summed E-state index contributed by atoms with van der Waals surface area (Å²) >= 11 is 0. The largest absolute Gasteiger partial charge is 0.394 e. The van der Waals surface area contributed by atoms with Crippen molar-refractivity contribution in [1.82, 2.24) is 14.5 Å². The second kappa shape index (κ2) is 4.91. The zero-order valence-corrected chi connectivity index (χ0v) is 8.83. The summed E-state index contributed by atoms with van der Waals surface area (Å²) in [6.07, 6.45) is 3.35. The highest BCUT2D eigenvalue weighted by molar-refractivity contribution is 5.84. The van der Waals surface area contributed by atoms with Crippen molar-refractivity contribution in [3.05, 3.63) is 18.6 Å². The number of aromatic nitrogens is 3. The molecule has 2 aromatic rings. The lowest BCUT2D eigenvalue weighted by Crippen LogP contribution is -2.08. The molecule has 0 aliphatic rings. The van der Waals surface area contributed by atoms with E-state index in [2.05, 4.69) is 9.97 Å². The topological polar surface area (TPSA) is 86.2 Å². The van der Waals surface area contributed by atoms with E-state index in [0.29, 0.717) is 25.6 Å². The Hall–Kier alpha value is -1.66. The summed E-state index contributed by atoms with van der Waals surface area (Å²) in [5.74, 6) is 0.470. The van der Waals surface area contributed by atoms with Gasteiger partial charge in [-0.05, 0) is 6.07 Å². The average Bonchev–Trinajstić information content (AvgIpc) is 2.69. The van der Waals surface area contributed by atoms with Crippen molar-refractivity contribution in [3.63, 3.8) is 0 Å². The predicted molar refractivity (Wildman–Crippen MR) is 59.8 cm³/mol. The highest BCUT2D eigenvalue weighted by Crippen LogP contribution is 2.17. The van der Waals surface area contributed by atoms with Crippen LogP contribution >= 0.6 is 0 Å². The fourth-order valence-corrected chi connectivity index (χ4v) is 1.57. The number of rotatable bonds is 5. The Morgan fingerprint density at radius 3 is 3.06 bits per heavy atom. The summed E-state index contributed by atoms with van der Waals surface area (Å²) in [7, 11) is 0. The quantitative estimate of drug-likeness (QED) is 0.697. The van der Waals surface area contributed by atoms with Gasteiger partial charge in [0.25, 0.3) is 0 Å². The van der Waals surface area contributed by atoms with Crippen molar-refractivity contribution in [2.24, 2.45) is 0 Å². The van der Waals surface area contributed by atoms with Crippen molar-refractivity contribution >= 4 is 16.9 Å². The van der Waals surface area contributed by atoms with Crippen molar-refractivity contribution in [2.75, 3.05) is 25.6 Å². The second-order valence-corrected chi connectivity index (χ2v) is 3.34. The summed E-state index contributed by atoms with van der Waals surface area (Å²) in [5, 5.41) is 8.57. The zero-order valence-electron chi connectivity index (χ0n) is 8.83. The maximum absolute atomic E-state index is 8.57. The van der Waals surface area contributed by atoms with Crippen LogP contribution in [0.4, 0.5) is 5.82 Å². The number of aliphatic hydroxyl groups excluding tert-OH is 1. The van der Waals surface area contributed by atoms with Gasteiger partial charge in [-0.15, -0.1) is 0 Å². The molecule has 6 nitrogen and oxygen atoms in total. The molecular weight excluding hydrogens is 208 g/mol. The van der Waals surface area contributed by atoms with E-state index in [1.54, 1.807) is 0 Å². The van der Waals surface area contributed by atoms with Gasteiger partial charge in [0.15, 0.2) is 5.82 Å². The molecule has 3 N–H and O–H groups in total. The lowest BCUT2D eigenvalue weighted by molar-refractivity contribution is 0.0875. The van der Waals surface area contributed by atoms with Gasteiger partial charge < -0.3 is 20.1 Å². The van der Waals surface area contributed by atoms with Gasteiger partial charge in [-0.3, -0.25) is 0 Å². The smallest absolute Gasteiger partial charge is 0.151 e. The summed E-state index contributed by atoms with van der Waals surface area (Å²) < 4.78 is 7.14. The molecule has 6 heteroatoms. The number of hydrogen-bond donors (Lipinski definition) is 2. The van der Waals surface area contributed by atoms with Gasteiger partial charge in [0.2, 0.25) is 0 Å². The lowest BCUT2D eigenvalue weighted by atomic mass is 10.4. The number of nitrogens with two attached hydrogens (primary N) is 1. The molecule has 0 aliphatic carbocycles. The molecule has 16 heavy (non-hydrogen) atoms. The maximum atomic E-state index is 8.57. The first-order chi connectivity index (χ1) is 7.83. The number of hydrogen-bond acceptors (Lipinski definition) is 5. The first-order valence-corrected chi connectivity index (χ1v) is 5.07. The molecule has 0 unspecified atom stereocenters. The van der Waals surface area contributed by atoms with Crippen LogP contribution in [0.25, 0.3) is 11.0 Å². The minimum Gasteiger partial charge on any atom is -0.394 e. The summed E-state index contributed by atoms with van der Waals surface area (Å²) in [6, 6.07) is 1.89. The van der Waals surface area contributed by atoms with Crippen LogP contribution in [-0.4, -0.2) is 39.5 Å². The Morgan fingerprint density at radius 1 is 1.38 bits per heavy atom. The van der Waals surface area contributed by atoms with E-state index in [1.165, 1.54) is 6.33 Å². The van der Waals surface area contributed by atoms with E-state index >= 15 is 0 Å². The van der Waals surface area contributed by atoms with E-state index in [-0.39, 0.29) is 6.61 Å². The average molecular weight is 222 g/mol. The molecule has 2 heterocycles. The van der Waals surface area contributed by atoms with E-state index < -0.39 is 0 Å². The number of anilines is 1. The highest BCUT2D eigenvalue weighted by Gasteiger charge is 2.05. The number of ether oxygens (including phenoxy) is 1. The van der Waals surface area contributed by atoms with Gasteiger partial charge in [0.1, 0.15) is 11.8 Å². The molecule has 0 saturated carbocycles. The van der Waals surface area contributed by atoms with Crippen LogP contribution in [-0.2, 0) is 11.3 Å². The molecule has 2 rings (SSSR count). The van der Waals surface area contributed by atoms with Crippen LogP contribution in [0.2, 0.25) is 0 Å². The highest BCUT2D eigenvalue weighted by atomic mass is 16.5. The summed E-state index contributed by atoms with van der Waals surface area (Å²) in [4.78, 5) is 8.06. The Morgan fingerprint density at radius 2 is 2.25 bits per heavy atom. The van der Waals surface area contributed by atoms with Crippen LogP contribution in [0.5, 0.6) is 0 Å². The van der Waals surface area contributed by atoms with Crippen molar-refractivity contribution in [3.8, 4) is 0 Å². The van der Waals surface area contributed by atoms with E-state index in [4.69, 9.17) is 15.6 Å². The lowest BCUT2D eigenvalue weighted by Gasteiger charge is -2.06. The molecule has 86 valence electrons. The molecule has 0 fully saturated rings. The first-order valence-electron chi connectivity index (χ1n) is 5.07. The normalized spacial score (nSPS) is 11.1. The van der Waals surface area contributed by atoms with Crippen LogP contribution in [0.15, 0.2) is 18.6 Å². The molecule has 0 bridgehead atoms. The number of aliphatic hydroxyl groups is 1. The van der Waals surface area contributed by atoms with Gasteiger partial charge in [-0.25, -0.2) is 9.97 Å². The number of nitrogen functional groups attached to an aromatic ring is 1. The number of fused-ring (bicyclic) bond motifs is 1. The maximum Gasteiger partial charge on any atom is 0.151 e. The Bertz CT molecular complexity index is 469. The van der Waals surface area contributed by atoms with E-state index in [9.17, 15) is 0 Å². The molecule has 0 spiro atoms. The molecular formula is C10H14N4O2. The van der Waals surface area contributed by atoms with Crippen LogP contribution in [0.1, 0.15) is 0 Å². The minimum atomic E-state index is 0.0394. The third-order valence-corrected chi connectivity index (χ3v) is 2.29. The second-order valence-electron chi connectivity index (χ2n) is 3.34. The summed E-state index contributed by atoms with van der Waals surface area (Å²) in [6.45, 7) is 1.59. The van der Waals surface area contributed by atoms with Crippen LogP contribution < -0.4 is 5.73 Å². The van der Waals surface area contributed by atoms with Crippen LogP contribution in [0, 0.1) is 0 Å². The molecule has 0 amide bonds. The molecule has 0 saturated heterocycles. The molecule has 0 radical (unpaired) electrons. The molecule has 0 aromatic carbocycles. The Kier molecular flexibility index (Phi) is 3.33. The van der Waals surface area contributed by atoms with Gasteiger partial charge in [0.05, 0.1) is 25.3 Å². The van der Waals surface area contributed by atoms with Crippen LogP contribution in [0.3, 0.4) is 0 Å². The van der Waals surface area contributed by atoms with Crippen molar-refractivity contribution < 1.29 is 9.84 Å². The van der Waals surface area contributed by atoms with E-state index in [1.807, 2.05) is 16.8 Å². The number of nitrogens with zero attached hydrogens (tertiary/aromatic N) is 3. The standard InChI is InChI=1S/C10H14N4O2/c11-10-9-8(12-7-13-10)1-2-14(9)3-5-16-6-4-15/h1-2,7,15H,3-6H2,(H2,11,12,13). The SMILES string of the molecule is Nc1ncnc2ccn(CCOCCO)c12. The van der Waals surface area contributed by atoms with Gasteiger partial charge in [-0.2, -0.15) is 0 Å². The molecule has 0 atom stereocenters. The predicted octanol–water partition coefficient (Wildman–Crippen LogP) is 0.0224. The fraction of sp³-hybridized carbons (Fsp3) is 0.400. The molecule has 0 aliphatic heterocycles. The Balaban J connectivity index is 2.12. The first kappa shape index (κ1) is 10.8. The minimum absolute atomic E-state index is 0.0394. The third kappa shape index (κ3) is 2.12. The van der Waals surface area contributed by atoms with Gasteiger partial charge >= 0.3 is 0 Å². The fourth-order valence-electron chi connectivity index (χ4n) is 1.57. The van der Waals surface area contributed by atoms with E-state index in [0.717, 1.165) is 11.0 Å². The zero-order chi connectivity index (χ0) is 11.4. The monoisotopic (exact) mass is 222 g/mol.